The molecule has 0 heterocycles. The van der Waals surface area contributed by atoms with Gasteiger partial charge in [0.05, 0.1) is 0 Å². The number of carbonyl (C=O) groups is 3. The van der Waals surface area contributed by atoms with E-state index >= 15 is 0 Å². The van der Waals surface area contributed by atoms with Gasteiger partial charge in [-0.25, -0.2) is 9.59 Å². The number of carboxylic acid groups (broad SMARTS) is 1. The molecule has 0 saturated heterocycles. The minimum Gasteiger partial charge on any atom is -0.480 e. The molecular weight excluding hydrogens is 250 g/mol. The molecule has 3 amide bonds. The van der Waals surface area contributed by atoms with Crippen LogP contribution < -0.4 is 10.6 Å². The molecule has 1 atom stereocenters. The molecule has 1 aliphatic carbocycles. The van der Waals surface area contributed by atoms with E-state index in [9.17, 15) is 14.4 Å². The predicted octanol–water partition coefficient (Wildman–Crippen LogP) is -0.617. The summed E-state index contributed by atoms with van der Waals surface area (Å²) in [5, 5.41) is 13.8. The van der Waals surface area contributed by atoms with Gasteiger partial charge >= 0.3 is 12.0 Å². The Morgan fingerprint density at radius 3 is 2.58 bits per heavy atom. The van der Waals surface area contributed by atoms with Crippen molar-refractivity contribution in [1.82, 2.24) is 15.5 Å². The van der Waals surface area contributed by atoms with Gasteiger partial charge in [-0.3, -0.25) is 4.79 Å². The van der Waals surface area contributed by atoms with E-state index in [2.05, 4.69) is 16.6 Å². The SMILES string of the molecule is C#CCC(NC(=O)N(C)CC(=O)NC1CC1)C(=O)O. The summed E-state index contributed by atoms with van der Waals surface area (Å²) < 4.78 is 0. The van der Waals surface area contributed by atoms with E-state index in [0.717, 1.165) is 17.7 Å². The Labute approximate surface area is 111 Å². The number of carbonyl (C=O) groups excluding carboxylic acids is 2. The zero-order valence-electron chi connectivity index (χ0n) is 10.7. The van der Waals surface area contributed by atoms with Crippen LogP contribution in [-0.4, -0.2) is 53.6 Å². The highest BCUT2D eigenvalue weighted by Crippen LogP contribution is 2.18. The molecule has 104 valence electrons. The standard InChI is InChI=1S/C12H17N3O4/c1-3-4-9(11(17)18)14-12(19)15(2)7-10(16)13-8-5-6-8/h1,8-9H,4-7H2,2H3,(H,13,16)(H,14,19)(H,17,18). The zero-order chi connectivity index (χ0) is 14.4. The molecule has 0 radical (unpaired) electrons. The molecule has 0 aromatic rings. The monoisotopic (exact) mass is 267 g/mol. The van der Waals surface area contributed by atoms with Crippen molar-refractivity contribution < 1.29 is 19.5 Å². The number of hydrogen-bond donors (Lipinski definition) is 3. The fraction of sp³-hybridized carbons (Fsp3) is 0.583. The van der Waals surface area contributed by atoms with Crippen molar-refractivity contribution >= 4 is 17.9 Å². The number of carboxylic acids is 1. The van der Waals surface area contributed by atoms with Gasteiger partial charge in [0.25, 0.3) is 0 Å². The van der Waals surface area contributed by atoms with Crippen LogP contribution in [0.4, 0.5) is 4.79 Å². The fourth-order valence-electron chi connectivity index (χ4n) is 1.37. The number of nitrogens with zero attached hydrogens (tertiary/aromatic N) is 1. The molecular formula is C12H17N3O4. The molecule has 7 heteroatoms. The van der Waals surface area contributed by atoms with Gasteiger partial charge in [0.1, 0.15) is 12.6 Å². The second-order valence-electron chi connectivity index (χ2n) is 4.45. The molecule has 1 aliphatic rings. The largest absolute Gasteiger partial charge is 0.480 e. The van der Waals surface area contributed by atoms with Crippen LogP contribution in [0, 0.1) is 12.3 Å². The average Bonchev–Trinajstić information content (AvgIpc) is 3.11. The Hall–Kier alpha value is -2.23. The van der Waals surface area contributed by atoms with Crippen LogP contribution in [0.2, 0.25) is 0 Å². The van der Waals surface area contributed by atoms with Crippen LogP contribution in [0.25, 0.3) is 0 Å². The maximum Gasteiger partial charge on any atom is 0.327 e. The lowest BCUT2D eigenvalue weighted by Crippen LogP contribution is -2.49. The first-order valence-corrected chi connectivity index (χ1v) is 5.91. The molecule has 0 spiro atoms. The number of nitrogens with one attached hydrogen (secondary N) is 2. The molecule has 0 aliphatic heterocycles. The third kappa shape index (κ3) is 5.29. The Balaban J connectivity index is 2.39. The number of terminal acetylenes is 1. The lowest BCUT2D eigenvalue weighted by Gasteiger charge is -2.20. The second kappa shape index (κ2) is 6.64. The van der Waals surface area contributed by atoms with Gasteiger partial charge in [-0.05, 0) is 12.8 Å². The minimum atomic E-state index is -1.21. The van der Waals surface area contributed by atoms with Gasteiger partial charge in [-0.2, -0.15) is 0 Å². The fourth-order valence-corrected chi connectivity index (χ4v) is 1.37. The summed E-state index contributed by atoms with van der Waals surface area (Å²) in [6.45, 7) is -0.120. The molecule has 1 fully saturated rings. The third-order valence-corrected chi connectivity index (χ3v) is 2.59. The van der Waals surface area contributed by atoms with E-state index in [1.807, 2.05) is 0 Å². The maximum atomic E-state index is 11.7. The van der Waals surface area contributed by atoms with E-state index in [1.165, 1.54) is 7.05 Å². The summed E-state index contributed by atoms with van der Waals surface area (Å²) in [7, 11) is 1.41. The first-order chi connectivity index (χ1) is 8.93. The summed E-state index contributed by atoms with van der Waals surface area (Å²) in [5.41, 5.74) is 0. The third-order valence-electron chi connectivity index (χ3n) is 2.59. The number of urea groups is 1. The number of likely N-dealkylation sites (N-methyl/N-ethyl adjacent to an activating group) is 1. The van der Waals surface area contributed by atoms with Crippen LogP contribution in [0.15, 0.2) is 0 Å². The molecule has 1 saturated carbocycles. The molecule has 7 nitrogen and oxygen atoms in total. The van der Waals surface area contributed by atoms with Crippen LogP contribution in [0.1, 0.15) is 19.3 Å². The Bertz CT molecular complexity index is 412. The van der Waals surface area contributed by atoms with Crippen LogP contribution >= 0.6 is 0 Å². The summed E-state index contributed by atoms with van der Waals surface area (Å²) in [5.74, 6) is 0.709. The molecule has 0 bridgehead atoms. The maximum absolute atomic E-state index is 11.7. The van der Waals surface area contributed by atoms with E-state index in [1.54, 1.807) is 0 Å². The predicted molar refractivity (Wildman–Crippen MR) is 67.2 cm³/mol. The van der Waals surface area contributed by atoms with Gasteiger partial charge < -0.3 is 20.6 Å². The molecule has 0 aromatic heterocycles. The van der Waals surface area contributed by atoms with Gasteiger partial charge in [-0.15, -0.1) is 12.3 Å². The Morgan fingerprint density at radius 2 is 2.11 bits per heavy atom. The molecule has 19 heavy (non-hydrogen) atoms. The molecule has 3 N–H and O–H groups in total. The van der Waals surface area contributed by atoms with Gasteiger partial charge in [0.2, 0.25) is 5.91 Å². The zero-order valence-corrected chi connectivity index (χ0v) is 10.7. The summed E-state index contributed by atoms with van der Waals surface area (Å²) in [6, 6.07) is -1.57. The highest BCUT2D eigenvalue weighted by atomic mass is 16.4. The van der Waals surface area contributed by atoms with Crippen molar-refractivity contribution in [2.45, 2.75) is 31.3 Å². The van der Waals surface area contributed by atoms with Crippen molar-refractivity contribution in [1.29, 1.82) is 0 Å². The van der Waals surface area contributed by atoms with Crippen LogP contribution in [-0.2, 0) is 9.59 Å². The molecule has 1 rings (SSSR count). The van der Waals surface area contributed by atoms with Crippen LogP contribution in [0.5, 0.6) is 0 Å². The van der Waals surface area contributed by atoms with E-state index in [-0.39, 0.29) is 24.9 Å². The Morgan fingerprint density at radius 1 is 1.47 bits per heavy atom. The van der Waals surface area contributed by atoms with Gasteiger partial charge in [0, 0.05) is 19.5 Å². The summed E-state index contributed by atoms with van der Waals surface area (Å²) >= 11 is 0. The number of amides is 3. The van der Waals surface area contributed by atoms with Crippen molar-refractivity contribution in [2.75, 3.05) is 13.6 Å². The second-order valence-corrected chi connectivity index (χ2v) is 4.45. The van der Waals surface area contributed by atoms with Gasteiger partial charge in [-0.1, -0.05) is 0 Å². The lowest BCUT2D eigenvalue weighted by molar-refractivity contribution is -0.139. The normalized spacial score (nSPS) is 14.9. The summed E-state index contributed by atoms with van der Waals surface area (Å²) in [4.78, 5) is 35.1. The highest BCUT2D eigenvalue weighted by Gasteiger charge is 2.25. The highest BCUT2D eigenvalue weighted by molar-refractivity contribution is 5.86. The smallest absolute Gasteiger partial charge is 0.327 e. The van der Waals surface area contributed by atoms with Crippen LogP contribution in [0.3, 0.4) is 0 Å². The first-order valence-electron chi connectivity index (χ1n) is 5.91. The van der Waals surface area contributed by atoms with Crippen molar-refractivity contribution in [3.8, 4) is 12.3 Å². The number of hydrogen-bond acceptors (Lipinski definition) is 3. The van der Waals surface area contributed by atoms with Crippen molar-refractivity contribution in [3.05, 3.63) is 0 Å². The first kappa shape index (κ1) is 14.8. The molecule has 1 unspecified atom stereocenters. The van der Waals surface area contributed by atoms with Gasteiger partial charge in [0.15, 0.2) is 0 Å². The topological polar surface area (TPSA) is 98.7 Å². The van der Waals surface area contributed by atoms with Crippen molar-refractivity contribution in [2.24, 2.45) is 0 Å². The minimum absolute atomic E-state index is 0.108. The summed E-state index contributed by atoms with van der Waals surface area (Å²) in [6.07, 6.45) is 6.84. The number of rotatable bonds is 6. The van der Waals surface area contributed by atoms with E-state index in [0.29, 0.717) is 0 Å². The lowest BCUT2D eigenvalue weighted by atomic mass is 10.2. The quantitative estimate of drug-likeness (QED) is 0.559. The number of aliphatic carboxylic acids is 1. The van der Waals surface area contributed by atoms with E-state index in [4.69, 9.17) is 11.5 Å². The average molecular weight is 267 g/mol. The molecule has 0 aromatic carbocycles. The van der Waals surface area contributed by atoms with Crippen molar-refractivity contribution in [3.63, 3.8) is 0 Å². The Kier molecular flexibility index (Phi) is 5.18. The van der Waals surface area contributed by atoms with E-state index < -0.39 is 18.0 Å².